The number of rotatable bonds is 2. The molecule has 0 saturated heterocycles. The Labute approximate surface area is 113 Å². The van der Waals surface area contributed by atoms with Crippen LogP contribution >= 0.6 is 11.3 Å². The Morgan fingerprint density at radius 1 is 1.21 bits per heavy atom. The molecule has 96 valence electrons. The maximum Gasteiger partial charge on any atom is 0.187 e. The normalized spacial score (nSPS) is 10.8. The number of nitrogens with zero attached hydrogens (tertiary/aromatic N) is 1. The van der Waals surface area contributed by atoms with Crippen molar-refractivity contribution in [3.63, 3.8) is 0 Å². The number of halogens is 1. The number of nitrogen functional groups attached to an aromatic ring is 1. The lowest BCUT2D eigenvalue weighted by Gasteiger charge is -2.02. The number of thiophene rings is 1. The van der Waals surface area contributed by atoms with Crippen molar-refractivity contribution in [3.05, 3.63) is 47.1 Å². The molecule has 19 heavy (non-hydrogen) atoms. The number of hydrogen-bond acceptors (Lipinski definition) is 4. The first-order chi connectivity index (χ1) is 9.16. The number of anilines is 1. The largest absolute Gasteiger partial charge is 0.380 e. The van der Waals surface area contributed by atoms with Gasteiger partial charge in [0.25, 0.3) is 0 Å². The van der Waals surface area contributed by atoms with Crippen LogP contribution in [0, 0.1) is 12.7 Å². The maximum absolute atomic E-state index is 13.0. The molecule has 5 heteroatoms. The quantitative estimate of drug-likeness (QED) is 0.765. The SMILES string of the molecule is Cc1ccsc1-c1onc(N)c1-c1ccc(F)cc1. The van der Waals surface area contributed by atoms with Gasteiger partial charge < -0.3 is 10.3 Å². The zero-order valence-electron chi connectivity index (χ0n) is 10.2. The van der Waals surface area contributed by atoms with Crippen molar-refractivity contribution in [2.24, 2.45) is 0 Å². The number of aryl methyl sites for hydroxylation is 1. The second-order valence-corrected chi connectivity index (χ2v) is 5.13. The van der Waals surface area contributed by atoms with Crippen LogP contribution in [-0.2, 0) is 0 Å². The highest BCUT2D eigenvalue weighted by Gasteiger charge is 2.19. The fourth-order valence-electron chi connectivity index (χ4n) is 1.96. The first kappa shape index (κ1) is 11.9. The Hall–Kier alpha value is -2.14. The number of aromatic nitrogens is 1. The van der Waals surface area contributed by atoms with Crippen LogP contribution in [-0.4, -0.2) is 5.16 Å². The van der Waals surface area contributed by atoms with Crippen molar-refractivity contribution in [1.82, 2.24) is 5.16 Å². The van der Waals surface area contributed by atoms with Gasteiger partial charge in [0, 0.05) is 0 Å². The highest BCUT2D eigenvalue weighted by Crippen LogP contribution is 2.40. The molecule has 3 aromatic rings. The summed E-state index contributed by atoms with van der Waals surface area (Å²) in [6.45, 7) is 2.00. The van der Waals surface area contributed by atoms with Gasteiger partial charge in [0.15, 0.2) is 11.6 Å². The third kappa shape index (κ3) is 2.02. The maximum atomic E-state index is 13.0. The predicted octanol–water partition coefficient (Wildman–Crippen LogP) is 4.10. The van der Waals surface area contributed by atoms with E-state index in [-0.39, 0.29) is 5.82 Å². The molecule has 0 aliphatic carbocycles. The van der Waals surface area contributed by atoms with E-state index in [1.165, 1.54) is 12.1 Å². The van der Waals surface area contributed by atoms with Gasteiger partial charge in [-0.25, -0.2) is 4.39 Å². The van der Waals surface area contributed by atoms with Gasteiger partial charge in [-0.05, 0) is 41.6 Å². The zero-order valence-corrected chi connectivity index (χ0v) is 11.0. The fourth-order valence-corrected chi connectivity index (χ4v) is 2.87. The van der Waals surface area contributed by atoms with Gasteiger partial charge in [-0.2, -0.15) is 0 Å². The van der Waals surface area contributed by atoms with Crippen molar-refractivity contribution in [2.45, 2.75) is 6.92 Å². The summed E-state index contributed by atoms with van der Waals surface area (Å²) >= 11 is 1.56. The van der Waals surface area contributed by atoms with Crippen LogP contribution in [0.4, 0.5) is 10.2 Å². The van der Waals surface area contributed by atoms with Crippen molar-refractivity contribution in [1.29, 1.82) is 0 Å². The molecule has 0 saturated carbocycles. The van der Waals surface area contributed by atoms with E-state index in [1.807, 2.05) is 18.4 Å². The van der Waals surface area contributed by atoms with E-state index in [1.54, 1.807) is 23.5 Å². The molecular weight excluding hydrogens is 263 g/mol. The summed E-state index contributed by atoms with van der Waals surface area (Å²) < 4.78 is 18.3. The van der Waals surface area contributed by atoms with E-state index >= 15 is 0 Å². The van der Waals surface area contributed by atoms with Gasteiger partial charge in [0.1, 0.15) is 5.82 Å². The molecular formula is C14H11FN2OS. The fraction of sp³-hybridized carbons (Fsp3) is 0.0714. The second kappa shape index (κ2) is 4.51. The van der Waals surface area contributed by atoms with E-state index in [4.69, 9.17) is 10.3 Å². The summed E-state index contributed by atoms with van der Waals surface area (Å²) in [5.74, 6) is 0.665. The lowest BCUT2D eigenvalue weighted by atomic mass is 10.0. The number of hydrogen-bond donors (Lipinski definition) is 1. The number of nitrogens with two attached hydrogens (primary N) is 1. The summed E-state index contributed by atoms with van der Waals surface area (Å²) in [5, 5.41) is 5.81. The van der Waals surface area contributed by atoms with Crippen LogP contribution < -0.4 is 5.73 Å². The van der Waals surface area contributed by atoms with Crippen LogP contribution in [0.5, 0.6) is 0 Å². The average molecular weight is 274 g/mol. The highest BCUT2D eigenvalue weighted by atomic mass is 32.1. The highest BCUT2D eigenvalue weighted by molar-refractivity contribution is 7.13. The van der Waals surface area contributed by atoms with Gasteiger partial charge in [-0.3, -0.25) is 0 Å². The monoisotopic (exact) mass is 274 g/mol. The van der Waals surface area contributed by atoms with E-state index in [0.717, 1.165) is 16.0 Å². The Morgan fingerprint density at radius 3 is 2.58 bits per heavy atom. The van der Waals surface area contributed by atoms with Crippen LogP contribution in [0.2, 0.25) is 0 Å². The topological polar surface area (TPSA) is 52.0 Å². The first-order valence-corrected chi connectivity index (χ1v) is 6.60. The molecule has 0 amide bonds. The minimum atomic E-state index is -0.285. The van der Waals surface area contributed by atoms with E-state index in [0.29, 0.717) is 17.1 Å². The number of benzene rings is 1. The minimum Gasteiger partial charge on any atom is -0.380 e. The summed E-state index contributed by atoms with van der Waals surface area (Å²) in [4.78, 5) is 0.989. The molecule has 0 fully saturated rings. The van der Waals surface area contributed by atoms with E-state index in [2.05, 4.69) is 5.16 Å². The summed E-state index contributed by atoms with van der Waals surface area (Å²) in [7, 11) is 0. The Morgan fingerprint density at radius 2 is 1.95 bits per heavy atom. The molecule has 3 rings (SSSR count). The lowest BCUT2D eigenvalue weighted by Crippen LogP contribution is -1.89. The van der Waals surface area contributed by atoms with Gasteiger partial charge in [0.05, 0.1) is 10.4 Å². The standard InChI is InChI=1S/C14H11FN2OS/c1-8-6-7-19-13(8)12-11(14(16)17-18-12)9-2-4-10(15)5-3-9/h2-7H,1H3,(H2,16,17). The molecule has 2 aromatic heterocycles. The van der Waals surface area contributed by atoms with Crippen LogP contribution in [0.3, 0.4) is 0 Å². The third-order valence-electron chi connectivity index (χ3n) is 2.92. The molecule has 0 atom stereocenters. The Kier molecular flexibility index (Phi) is 2.83. The van der Waals surface area contributed by atoms with Crippen LogP contribution in [0.15, 0.2) is 40.2 Å². The minimum absolute atomic E-state index is 0.285. The molecule has 0 aliphatic rings. The smallest absolute Gasteiger partial charge is 0.187 e. The molecule has 0 unspecified atom stereocenters. The second-order valence-electron chi connectivity index (χ2n) is 4.21. The van der Waals surface area contributed by atoms with Gasteiger partial charge in [-0.1, -0.05) is 17.3 Å². The van der Waals surface area contributed by atoms with Crippen molar-refractivity contribution in [2.75, 3.05) is 5.73 Å². The molecule has 1 aromatic carbocycles. The van der Waals surface area contributed by atoms with E-state index in [9.17, 15) is 4.39 Å². The van der Waals surface area contributed by atoms with Gasteiger partial charge in [0.2, 0.25) is 0 Å². The van der Waals surface area contributed by atoms with Crippen LogP contribution in [0.1, 0.15) is 5.56 Å². The molecule has 0 bridgehead atoms. The molecule has 0 aliphatic heterocycles. The lowest BCUT2D eigenvalue weighted by molar-refractivity contribution is 0.437. The predicted molar refractivity (Wildman–Crippen MR) is 74.4 cm³/mol. The summed E-state index contributed by atoms with van der Waals surface area (Å²) in [6.07, 6.45) is 0. The zero-order chi connectivity index (χ0) is 13.4. The molecule has 2 heterocycles. The summed E-state index contributed by atoms with van der Waals surface area (Å²) in [6, 6.07) is 8.14. The molecule has 2 N–H and O–H groups in total. The Balaban J connectivity index is 2.19. The van der Waals surface area contributed by atoms with Gasteiger partial charge in [-0.15, -0.1) is 11.3 Å². The Bertz CT molecular complexity index is 715. The average Bonchev–Trinajstić information content (AvgIpc) is 2.97. The van der Waals surface area contributed by atoms with E-state index < -0.39 is 0 Å². The molecule has 0 radical (unpaired) electrons. The molecule has 3 nitrogen and oxygen atoms in total. The summed E-state index contributed by atoms with van der Waals surface area (Å²) in [5.41, 5.74) is 8.48. The van der Waals surface area contributed by atoms with Crippen molar-refractivity contribution >= 4 is 17.2 Å². The van der Waals surface area contributed by atoms with Crippen molar-refractivity contribution in [3.8, 4) is 21.8 Å². The van der Waals surface area contributed by atoms with Crippen molar-refractivity contribution < 1.29 is 8.91 Å². The molecule has 0 spiro atoms. The van der Waals surface area contributed by atoms with Crippen LogP contribution in [0.25, 0.3) is 21.8 Å². The first-order valence-electron chi connectivity index (χ1n) is 5.72. The third-order valence-corrected chi connectivity index (χ3v) is 3.93. The van der Waals surface area contributed by atoms with Gasteiger partial charge >= 0.3 is 0 Å².